The molecule has 0 heterocycles. The lowest BCUT2D eigenvalue weighted by Gasteiger charge is -2.13. The van der Waals surface area contributed by atoms with Gasteiger partial charge in [0, 0.05) is 6.54 Å². The molecular formula is C9H18N4O4. The molecule has 0 bridgehead atoms. The van der Waals surface area contributed by atoms with E-state index in [4.69, 9.17) is 21.4 Å². The van der Waals surface area contributed by atoms with Crippen molar-refractivity contribution in [1.82, 2.24) is 10.6 Å². The maximum absolute atomic E-state index is 10.8. The van der Waals surface area contributed by atoms with E-state index in [2.05, 4.69) is 10.6 Å². The van der Waals surface area contributed by atoms with Gasteiger partial charge in [0.1, 0.15) is 12.6 Å². The highest BCUT2D eigenvalue weighted by molar-refractivity contribution is 5.83. The van der Waals surface area contributed by atoms with Crippen LogP contribution in [0.5, 0.6) is 0 Å². The van der Waals surface area contributed by atoms with Crippen molar-refractivity contribution < 1.29 is 19.8 Å². The van der Waals surface area contributed by atoms with E-state index < -0.39 is 24.5 Å². The van der Waals surface area contributed by atoms with Crippen molar-refractivity contribution >= 4 is 17.8 Å². The van der Waals surface area contributed by atoms with Crippen molar-refractivity contribution in [2.45, 2.75) is 25.3 Å². The molecule has 98 valence electrons. The van der Waals surface area contributed by atoms with Gasteiger partial charge in [-0.15, -0.1) is 0 Å². The number of carbonyl (C=O) groups excluding carboxylic acids is 1. The fourth-order valence-corrected chi connectivity index (χ4v) is 1.19. The molecular weight excluding hydrogens is 228 g/mol. The molecule has 0 aromatic rings. The van der Waals surface area contributed by atoms with Crippen molar-refractivity contribution in [3.8, 4) is 0 Å². The third-order valence-electron chi connectivity index (χ3n) is 2.01. The molecule has 0 rings (SSSR count). The number of guanidine groups is 1. The van der Waals surface area contributed by atoms with Crippen LogP contribution >= 0.6 is 0 Å². The standard InChI is InChI=1S/C9H18N4O4/c10-9(11)12-4-2-1-3-6(8(16)17)13-7(15)5-14/h6,14H,1-5H2,(H,13,15)(H,16,17)(H4,10,11,12)/t6-/m0/s1. The summed E-state index contributed by atoms with van der Waals surface area (Å²) in [6, 6.07) is -0.994. The predicted octanol–water partition coefficient (Wildman–Crippen LogP) is -1.80. The Morgan fingerprint density at radius 3 is 2.47 bits per heavy atom. The third kappa shape index (κ3) is 8.03. The first-order valence-corrected chi connectivity index (χ1v) is 5.18. The summed E-state index contributed by atoms with van der Waals surface area (Å²) in [4.78, 5) is 21.6. The van der Waals surface area contributed by atoms with Gasteiger partial charge < -0.3 is 26.6 Å². The number of aliphatic hydroxyl groups excluding tert-OH is 1. The molecule has 7 N–H and O–H groups in total. The molecule has 0 aliphatic rings. The van der Waals surface area contributed by atoms with E-state index in [1.165, 1.54) is 0 Å². The minimum atomic E-state index is -1.13. The topological polar surface area (TPSA) is 149 Å². The van der Waals surface area contributed by atoms with Gasteiger partial charge in [-0.05, 0) is 19.3 Å². The summed E-state index contributed by atoms with van der Waals surface area (Å²) >= 11 is 0. The van der Waals surface area contributed by atoms with Gasteiger partial charge in [0.15, 0.2) is 5.96 Å². The number of hydrogen-bond acceptors (Lipinski definition) is 4. The zero-order chi connectivity index (χ0) is 13.3. The lowest BCUT2D eigenvalue weighted by molar-refractivity contribution is -0.142. The second-order valence-electron chi connectivity index (χ2n) is 3.45. The predicted molar refractivity (Wildman–Crippen MR) is 60.4 cm³/mol. The summed E-state index contributed by atoms with van der Waals surface area (Å²) in [6.45, 7) is -0.245. The Labute approximate surface area is 98.7 Å². The summed E-state index contributed by atoms with van der Waals surface area (Å²) in [6.07, 6.45) is 1.46. The number of carboxylic acid groups (broad SMARTS) is 1. The van der Waals surface area contributed by atoms with Crippen molar-refractivity contribution in [1.29, 1.82) is 5.41 Å². The normalized spacial score (nSPS) is 11.6. The van der Waals surface area contributed by atoms with Crippen LogP contribution in [0.25, 0.3) is 0 Å². The van der Waals surface area contributed by atoms with Crippen molar-refractivity contribution in [2.24, 2.45) is 5.73 Å². The van der Waals surface area contributed by atoms with Gasteiger partial charge in [0.25, 0.3) is 0 Å². The molecule has 0 aromatic heterocycles. The van der Waals surface area contributed by atoms with Crippen LogP contribution in [0.4, 0.5) is 0 Å². The average molecular weight is 246 g/mol. The molecule has 0 fully saturated rings. The minimum Gasteiger partial charge on any atom is -0.480 e. The van der Waals surface area contributed by atoms with E-state index in [0.717, 1.165) is 0 Å². The van der Waals surface area contributed by atoms with Gasteiger partial charge in [-0.25, -0.2) is 4.79 Å². The first-order chi connectivity index (χ1) is 7.97. The summed E-state index contributed by atoms with van der Waals surface area (Å²) in [5.41, 5.74) is 5.06. The molecule has 0 aliphatic carbocycles. The van der Waals surface area contributed by atoms with Crippen LogP contribution in [-0.2, 0) is 9.59 Å². The zero-order valence-corrected chi connectivity index (χ0v) is 9.40. The van der Waals surface area contributed by atoms with Crippen molar-refractivity contribution in [3.63, 3.8) is 0 Å². The van der Waals surface area contributed by atoms with E-state index in [1.807, 2.05) is 0 Å². The lowest BCUT2D eigenvalue weighted by atomic mass is 10.1. The van der Waals surface area contributed by atoms with Crippen LogP contribution in [0, 0.1) is 5.41 Å². The minimum absolute atomic E-state index is 0.131. The third-order valence-corrected chi connectivity index (χ3v) is 2.01. The number of rotatable bonds is 8. The van der Waals surface area contributed by atoms with Gasteiger partial charge in [-0.1, -0.05) is 0 Å². The highest BCUT2D eigenvalue weighted by atomic mass is 16.4. The Bertz CT molecular complexity index is 282. The highest BCUT2D eigenvalue weighted by Gasteiger charge is 2.18. The summed E-state index contributed by atoms with van der Waals surface area (Å²) in [5.74, 6) is -1.97. The molecule has 8 heteroatoms. The van der Waals surface area contributed by atoms with Gasteiger partial charge in [0.2, 0.25) is 5.91 Å². The van der Waals surface area contributed by atoms with Gasteiger partial charge in [-0.2, -0.15) is 0 Å². The summed E-state index contributed by atoms with van der Waals surface area (Å²) < 4.78 is 0. The van der Waals surface area contributed by atoms with Crippen LogP contribution < -0.4 is 16.4 Å². The smallest absolute Gasteiger partial charge is 0.326 e. The molecule has 8 nitrogen and oxygen atoms in total. The molecule has 0 unspecified atom stereocenters. The average Bonchev–Trinajstić information content (AvgIpc) is 2.26. The largest absolute Gasteiger partial charge is 0.480 e. The number of carbonyl (C=O) groups is 2. The monoisotopic (exact) mass is 246 g/mol. The van der Waals surface area contributed by atoms with Gasteiger partial charge in [0.05, 0.1) is 0 Å². The molecule has 1 amide bonds. The Morgan fingerprint density at radius 2 is 2.00 bits per heavy atom. The maximum Gasteiger partial charge on any atom is 0.326 e. The lowest BCUT2D eigenvalue weighted by Crippen LogP contribution is -2.42. The number of hydrogen-bond donors (Lipinski definition) is 6. The number of nitrogens with two attached hydrogens (primary N) is 1. The first-order valence-electron chi connectivity index (χ1n) is 5.18. The van der Waals surface area contributed by atoms with Crippen LogP contribution in [-0.4, -0.2) is 47.2 Å². The molecule has 0 spiro atoms. The Kier molecular flexibility index (Phi) is 7.44. The van der Waals surface area contributed by atoms with E-state index in [0.29, 0.717) is 19.4 Å². The number of carboxylic acids is 1. The molecule has 0 saturated heterocycles. The SMILES string of the molecule is N=C(N)NCCCC[C@H](NC(=O)CO)C(=O)O. The van der Waals surface area contributed by atoms with Crippen molar-refractivity contribution in [3.05, 3.63) is 0 Å². The number of aliphatic carboxylic acids is 1. The number of amides is 1. The molecule has 0 aromatic carbocycles. The molecule has 0 saturated carbocycles. The first kappa shape index (κ1) is 15.2. The van der Waals surface area contributed by atoms with Crippen molar-refractivity contribution in [2.75, 3.05) is 13.2 Å². The van der Waals surface area contributed by atoms with E-state index in [1.54, 1.807) is 0 Å². The van der Waals surface area contributed by atoms with Crippen LogP contribution in [0.1, 0.15) is 19.3 Å². The summed E-state index contributed by atoms with van der Waals surface area (Å²) in [5, 5.41) is 28.9. The van der Waals surface area contributed by atoms with Crippen LogP contribution in [0.3, 0.4) is 0 Å². The maximum atomic E-state index is 10.8. The van der Waals surface area contributed by atoms with E-state index >= 15 is 0 Å². The fourth-order valence-electron chi connectivity index (χ4n) is 1.19. The van der Waals surface area contributed by atoms with E-state index in [9.17, 15) is 9.59 Å². The number of unbranched alkanes of at least 4 members (excludes halogenated alkanes) is 1. The fraction of sp³-hybridized carbons (Fsp3) is 0.667. The second-order valence-corrected chi connectivity index (χ2v) is 3.45. The number of aliphatic hydroxyl groups is 1. The number of nitrogens with one attached hydrogen (secondary N) is 3. The van der Waals surface area contributed by atoms with Crippen LogP contribution in [0.2, 0.25) is 0 Å². The molecule has 0 aliphatic heterocycles. The van der Waals surface area contributed by atoms with Crippen LogP contribution in [0.15, 0.2) is 0 Å². The Hall–Kier alpha value is -1.83. The second kappa shape index (κ2) is 8.34. The van der Waals surface area contributed by atoms with Gasteiger partial charge >= 0.3 is 5.97 Å². The molecule has 17 heavy (non-hydrogen) atoms. The summed E-state index contributed by atoms with van der Waals surface area (Å²) in [7, 11) is 0. The molecule has 1 atom stereocenters. The van der Waals surface area contributed by atoms with E-state index in [-0.39, 0.29) is 12.4 Å². The zero-order valence-electron chi connectivity index (χ0n) is 9.40. The quantitative estimate of drug-likeness (QED) is 0.169. The Morgan fingerprint density at radius 1 is 1.35 bits per heavy atom. The highest BCUT2D eigenvalue weighted by Crippen LogP contribution is 2.00. The van der Waals surface area contributed by atoms with Gasteiger partial charge in [-0.3, -0.25) is 10.2 Å². The molecule has 0 radical (unpaired) electrons. The Balaban J connectivity index is 3.82.